The fraction of sp³-hybridized carbons (Fsp3) is 0.250. The van der Waals surface area contributed by atoms with Gasteiger partial charge in [0.25, 0.3) is 0 Å². The average Bonchev–Trinajstić information content (AvgIpc) is 2.06. The molecule has 0 fully saturated rings. The van der Waals surface area contributed by atoms with E-state index in [0.717, 1.165) is 0 Å². The molecule has 3 nitrogen and oxygen atoms in total. The van der Waals surface area contributed by atoms with Crippen molar-refractivity contribution >= 4 is 0 Å². The van der Waals surface area contributed by atoms with Crippen LogP contribution >= 0.6 is 0 Å². The van der Waals surface area contributed by atoms with Crippen LogP contribution in [0.15, 0.2) is 30.3 Å². The Labute approximate surface area is 78.4 Å². The number of hydrogen-bond acceptors (Lipinski definition) is 3. The summed E-state index contributed by atoms with van der Waals surface area (Å²) in [5, 5.41) is 0. The molecule has 0 aliphatic carbocycles. The molecular weight excluding hydrogens is 192 g/mol. The summed E-state index contributed by atoms with van der Waals surface area (Å²) in [6.07, 6.45) is 0. The summed E-state index contributed by atoms with van der Waals surface area (Å²) < 4.78 is 20.9. The summed E-state index contributed by atoms with van der Waals surface area (Å²) >= 11 is -2.93. The molecule has 0 radical (unpaired) electrons. The third-order valence-corrected chi connectivity index (χ3v) is 2.65. The summed E-state index contributed by atoms with van der Waals surface area (Å²) in [6, 6.07) is 9.03. The van der Waals surface area contributed by atoms with E-state index < -0.39 is 18.6 Å². The van der Waals surface area contributed by atoms with Gasteiger partial charge in [-0.3, -0.25) is 0 Å². The van der Waals surface area contributed by atoms with Crippen LogP contribution < -0.4 is 3.32 Å². The van der Waals surface area contributed by atoms with E-state index in [1.54, 1.807) is 19.1 Å². The van der Waals surface area contributed by atoms with Crippen molar-refractivity contribution in [3.8, 4) is 5.75 Å². The van der Waals surface area contributed by atoms with Crippen LogP contribution in [-0.4, -0.2) is 6.61 Å². The number of hydrogen-bond donors (Lipinski definition) is 0. The molecule has 0 heterocycles. The van der Waals surface area contributed by atoms with Crippen LogP contribution in [0.5, 0.6) is 5.75 Å². The van der Waals surface area contributed by atoms with E-state index in [1.165, 1.54) is 0 Å². The Morgan fingerprint density at radius 1 is 1.33 bits per heavy atom. The normalized spacial score (nSPS) is 9.42. The second-order valence-electron chi connectivity index (χ2n) is 2.10. The number of rotatable bonds is 4. The molecule has 1 aromatic rings. The standard InChI is InChI=1S/C6H6O.C2H5O.O.Ti/c7-6-4-2-1-3-5-6;1-2-3;;/h1-5,7H;2H2,1H3;;/q;-1;;+2/p-1. The molecule has 0 aromatic heterocycles. The van der Waals surface area contributed by atoms with Crippen molar-refractivity contribution in [3.05, 3.63) is 30.3 Å². The molecule has 0 aliphatic rings. The molecule has 0 unspecified atom stereocenters. The Balaban J connectivity index is 2.47. The Kier molecular flexibility index (Phi) is 4.15. The van der Waals surface area contributed by atoms with Crippen molar-refractivity contribution < 1.29 is 28.6 Å². The fourth-order valence-electron chi connectivity index (χ4n) is 0.732. The molecule has 0 aliphatic heterocycles. The van der Waals surface area contributed by atoms with Crippen molar-refractivity contribution in [2.45, 2.75) is 6.92 Å². The maximum absolute atomic E-state index is 11.0. The van der Waals surface area contributed by atoms with Gasteiger partial charge in [0.1, 0.15) is 0 Å². The fourth-order valence-corrected chi connectivity index (χ4v) is 1.71. The van der Waals surface area contributed by atoms with Crippen LogP contribution in [0.2, 0.25) is 0 Å². The van der Waals surface area contributed by atoms with E-state index in [4.69, 9.17) is 6.64 Å². The van der Waals surface area contributed by atoms with Gasteiger partial charge in [-0.1, -0.05) is 0 Å². The van der Waals surface area contributed by atoms with Crippen molar-refractivity contribution in [1.82, 2.24) is 0 Å². The molecule has 0 atom stereocenters. The van der Waals surface area contributed by atoms with Crippen molar-refractivity contribution in [2.75, 3.05) is 6.61 Å². The SMILES string of the molecule is CC[O][Ti](=[O])[O]c1ccccc1. The summed E-state index contributed by atoms with van der Waals surface area (Å²) in [4.78, 5) is 0. The number of para-hydroxylation sites is 1. The predicted molar refractivity (Wildman–Crippen MR) is 39.4 cm³/mol. The van der Waals surface area contributed by atoms with Gasteiger partial charge in [-0.25, -0.2) is 0 Å². The van der Waals surface area contributed by atoms with Gasteiger partial charge in [-0.15, -0.1) is 0 Å². The molecule has 0 bridgehead atoms. The molecule has 0 saturated heterocycles. The summed E-state index contributed by atoms with van der Waals surface area (Å²) in [5.74, 6) is 0.607. The topological polar surface area (TPSA) is 35.5 Å². The first-order valence-electron chi connectivity index (χ1n) is 3.72. The molecule has 1 aromatic carbocycles. The Hall–Kier alpha value is -0.506. The molecule has 0 saturated carbocycles. The summed E-state index contributed by atoms with van der Waals surface area (Å²) in [6.45, 7) is 2.23. The molecule has 12 heavy (non-hydrogen) atoms. The number of benzene rings is 1. The van der Waals surface area contributed by atoms with Crippen LogP contribution in [0.4, 0.5) is 0 Å². The second kappa shape index (κ2) is 5.19. The zero-order chi connectivity index (χ0) is 8.81. The minimum absolute atomic E-state index is 0.436. The first kappa shape index (κ1) is 9.58. The van der Waals surface area contributed by atoms with E-state index in [-0.39, 0.29) is 0 Å². The van der Waals surface area contributed by atoms with Crippen LogP contribution in [0, 0.1) is 0 Å². The third-order valence-electron chi connectivity index (χ3n) is 1.21. The third kappa shape index (κ3) is 3.26. The van der Waals surface area contributed by atoms with Crippen LogP contribution in [0.25, 0.3) is 0 Å². The van der Waals surface area contributed by atoms with Gasteiger partial charge in [0.2, 0.25) is 0 Å². The Morgan fingerprint density at radius 3 is 2.58 bits per heavy atom. The van der Waals surface area contributed by atoms with E-state index in [1.807, 2.05) is 18.2 Å². The quantitative estimate of drug-likeness (QED) is 0.699. The van der Waals surface area contributed by atoms with E-state index in [9.17, 15) is 3.32 Å². The zero-order valence-corrected chi connectivity index (χ0v) is 8.38. The Bertz CT molecular complexity index is 248. The molecule has 0 N–H and O–H groups in total. The molecule has 64 valence electrons. The first-order valence-corrected chi connectivity index (χ1v) is 5.64. The predicted octanol–water partition coefficient (Wildman–Crippen LogP) is 1.90. The van der Waals surface area contributed by atoms with Crippen LogP contribution in [0.3, 0.4) is 0 Å². The van der Waals surface area contributed by atoms with Crippen LogP contribution in [-0.2, 0) is 25.3 Å². The average molecular weight is 202 g/mol. The van der Waals surface area contributed by atoms with E-state index in [0.29, 0.717) is 12.4 Å². The second-order valence-corrected chi connectivity index (χ2v) is 3.65. The minimum atomic E-state index is -2.93. The molecule has 0 spiro atoms. The van der Waals surface area contributed by atoms with Crippen molar-refractivity contribution in [2.24, 2.45) is 0 Å². The first-order chi connectivity index (χ1) is 5.83. The molecule has 4 heteroatoms. The summed E-state index contributed by atoms with van der Waals surface area (Å²) in [7, 11) is 0. The maximum atomic E-state index is 11.0. The van der Waals surface area contributed by atoms with E-state index >= 15 is 0 Å². The van der Waals surface area contributed by atoms with Gasteiger partial charge in [0.05, 0.1) is 0 Å². The van der Waals surface area contributed by atoms with Gasteiger partial charge < -0.3 is 0 Å². The molecular formula is C8H10O3Ti. The van der Waals surface area contributed by atoms with Crippen molar-refractivity contribution in [3.63, 3.8) is 0 Å². The van der Waals surface area contributed by atoms with Crippen LogP contribution in [0.1, 0.15) is 6.92 Å². The monoisotopic (exact) mass is 202 g/mol. The van der Waals surface area contributed by atoms with Gasteiger partial charge in [-0.05, 0) is 0 Å². The van der Waals surface area contributed by atoms with E-state index in [2.05, 4.69) is 0 Å². The zero-order valence-electron chi connectivity index (χ0n) is 6.82. The molecule has 0 amide bonds. The van der Waals surface area contributed by atoms with Gasteiger partial charge in [0, 0.05) is 0 Å². The van der Waals surface area contributed by atoms with Gasteiger partial charge in [0.15, 0.2) is 0 Å². The summed E-state index contributed by atoms with van der Waals surface area (Å²) in [5.41, 5.74) is 0. The Morgan fingerprint density at radius 2 is 2.00 bits per heavy atom. The van der Waals surface area contributed by atoms with Gasteiger partial charge in [-0.2, -0.15) is 0 Å². The van der Waals surface area contributed by atoms with Gasteiger partial charge >= 0.3 is 78.2 Å². The molecule has 1 rings (SSSR count). The van der Waals surface area contributed by atoms with Crippen molar-refractivity contribution in [1.29, 1.82) is 0 Å².